The molecule has 3 aromatic rings. The second-order valence-corrected chi connectivity index (χ2v) is 6.66. The normalized spacial score (nSPS) is 13.3. The zero-order chi connectivity index (χ0) is 19.0. The molecule has 0 radical (unpaired) electrons. The molecule has 27 heavy (non-hydrogen) atoms. The fraction of sp³-hybridized carbons (Fsp3) is 0.158. The summed E-state index contributed by atoms with van der Waals surface area (Å²) in [7, 11) is 0. The molecule has 0 aliphatic carbocycles. The number of carbonyl (C=O) groups is 1. The van der Waals surface area contributed by atoms with Gasteiger partial charge in [-0.15, -0.1) is 0 Å². The van der Waals surface area contributed by atoms with Gasteiger partial charge < -0.3 is 9.42 Å². The van der Waals surface area contributed by atoms with Crippen LogP contribution in [-0.4, -0.2) is 27.4 Å². The summed E-state index contributed by atoms with van der Waals surface area (Å²) >= 11 is 5.93. The van der Waals surface area contributed by atoms with Crippen LogP contribution < -0.4 is 0 Å². The van der Waals surface area contributed by atoms with E-state index in [1.54, 1.807) is 17.0 Å². The number of aromatic nitrogens is 1. The Labute approximate surface area is 159 Å². The molecule has 0 spiro atoms. The molecule has 0 fully saturated rings. The lowest BCUT2D eigenvalue weighted by Gasteiger charge is -2.26. The van der Waals surface area contributed by atoms with Crippen molar-refractivity contribution in [2.45, 2.75) is 13.0 Å². The molecule has 0 atom stereocenters. The molecule has 0 saturated heterocycles. The molecule has 4 rings (SSSR count). The van der Waals surface area contributed by atoms with Gasteiger partial charge in [-0.2, -0.15) is 0 Å². The zero-order valence-electron chi connectivity index (χ0n) is 14.1. The molecule has 0 saturated carbocycles. The molecule has 7 nitrogen and oxygen atoms in total. The van der Waals surface area contributed by atoms with Crippen molar-refractivity contribution in [1.82, 2.24) is 10.1 Å². The highest BCUT2D eigenvalue weighted by Gasteiger charge is 2.28. The predicted molar refractivity (Wildman–Crippen MR) is 98.5 cm³/mol. The van der Waals surface area contributed by atoms with E-state index in [1.807, 2.05) is 12.1 Å². The van der Waals surface area contributed by atoms with E-state index >= 15 is 0 Å². The van der Waals surface area contributed by atoms with E-state index in [0.29, 0.717) is 35.9 Å². The molecule has 1 amide bonds. The third-order valence-electron chi connectivity index (χ3n) is 4.56. The maximum absolute atomic E-state index is 12.7. The quantitative estimate of drug-likeness (QED) is 0.501. The molecule has 2 heterocycles. The summed E-state index contributed by atoms with van der Waals surface area (Å²) in [6, 6.07) is 12.9. The van der Waals surface area contributed by atoms with Gasteiger partial charge in [-0.25, -0.2) is 0 Å². The highest BCUT2D eigenvalue weighted by molar-refractivity contribution is 6.30. The molecule has 1 aromatic heterocycles. The predicted octanol–water partition coefficient (Wildman–Crippen LogP) is 4.10. The number of hydrogen-bond donors (Lipinski definition) is 0. The molecular weight excluding hydrogens is 370 g/mol. The van der Waals surface area contributed by atoms with Crippen LogP contribution in [0, 0.1) is 10.1 Å². The fourth-order valence-corrected chi connectivity index (χ4v) is 3.27. The summed E-state index contributed by atoms with van der Waals surface area (Å²) in [6.07, 6.45) is 0.621. The number of non-ortho nitro benzene ring substituents is 1. The minimum absolute atomic E-state index is 0.0448. The fourth-order valence-electron chi connectivity index (χ4n) is 3.14. The third-order valence-corrected chi connectivity index (χ3v) is 4.81. The molecule has 0 N–H and O–H groups in total. The van der Waals surface area contributed by atoms with E-state index in [2.05, 4.69) is 5.16 Å². The number of rotatable bonds is 3. The highest BCUT2D eigenvalue weighted by atomic mass is 35.5. The first-order valence-electron chi connectivity index (χ1n) is 8.30. The summed E-state index contributed by atoms with van der Waals surface area (Å²) in [5.41, 5.74) is 2.97. The van der Waals surface area contributed by atoms with Gasteiger partial charge in [0.2, 0.25) is 0 Å². The number of nitrogens with zero attached hydrogens (tertiary/aromatic N) is 3. The van der Waals surface area contributed by atoms with Gasteiger partial charge in [-0.05, 0) is 42.8 Å². The van der Waals surface area contributed by atoms with Crippen molar-refractivity contribution in [3.63, 3.8) is 0 Å². The Bertz CT molecular complexity index is 1010. The van der Waals surface area contributed by atoms with Crippen LogP contribution in [0.2, 0.25) is 5.02 Å². The lowest BCUT2D eigenvalue weighted by molar-refractivity contribution is -0.384. The standard InChI is InChI=1S/C19H14ClN3O4/c20-14-5-1-12(2-6-14)18-16-9-10-22(11-17(16)21-27-18)19(24)13-3-7-15(8-4-13)23(25)26/h1-8H,9-11H2. The third kappa shape index (κ3) is 3.29. The molecule has 8 heteroatoms. The smallest absolute Gasteiger partial charge is 0.269 e. The number of nitro benzene ring substituents is 1. The topological polar surface area (TPSA) is 89.5 Å². The molecule has 1 aliphatic heterocycles. The molecule has 2 aromatic carbocycles. The maximum Gasteiger partial charge on any atom is 0.269 e. The van der Waals surface area contributed by atoms with E-state index in [1.165, 1.54) is 24.3 Å². The van der Waals surface area contributed by atoms with Crippen LogP contribution in [0.25, 0.3) is 11.3 Å². The lowest BCUT2D eigenvalue weighted by Crippen LogP contribution is -2.35. The molecular formula is C19H14ClN3O4. The number of benzene rings is 2. The Kier molecular flexibility index (Phi) is 4.37. The van der Waals surface area contributed by atoms with Crippen molar-refractivity contribution in [3.05, 3.63) is 80.5 Å². The summed E-state index contributed by atoms with van der Waals surface area (Å²) < 4.78 is 5.51. The van der Waals surface area contributed by atoms with Crippen LogP contribution in [-0.2, 0) is 13.0 Å². The monoisotopic (exact) mass is 383 g/mol. The van der Waals surface area contributed by atoms with Crippen LogP contribution in [0.1, 0.15) is 21.6 Å². The Morgan fingerprint density at radius 2 is 1.85 bits per heavy atom. The first-order valence-corrected chi connectivity index (χ1v) is 8.68. The number of hydrogen-bond acceptors (Lipinski definition) is 5. The van der Waals surface area contributed by atoms with Crippen molar-refractivity contribution in [2.75, 3.05) is 6.54 Å². The highest BCUT2D eigenvalue weighted by Crippen LogP contribution is 2.31. The molecule has 0 bridgehead atoms. The van der Waals surface area contributed by atoms with Crippen molar-refractivity contribution >= 4 is 23.2 Å². The summed E-state index contributed by atoms with van der Waals surface area (Å²) in [6.45, 7) is 0.854. The molecule has 1 aliphatic rings. The number of halogens is 1. The summed E-state index contributed by atoms with van der Waals surface area (Å²) in [4.78, 5) is 24.6. The second-order valence-electron chi connectivity index (χ2n) is 6.22. The Morgan fingerprint density at radius 3 is 2.52 bits per heavy atom. The number of nitro groups is 1. The van der Waals surface area contributed by atoms with E-state index in [-0.39, 0.29) is 11.6 Å². The SMILES string of the molecule is O=C(c1ccc([N+](=O)[O-])cc1)N1CCc2c(noc2-c2ccc(Cl)cc2)C1. The largest absolute Gasteiger partial charge is 0.356 e. The number of fused-ring (bicyclic) bond motifs is 1. The van der Waals surface area contributed by atoms with Crippen LogP contribution in [0.15, 0.2) is 53.1 Å². The molecule has 136 valence electrons. The van der Waals surface area contributed by atoms with Crippen LogP contribution >= 0.6 is 11.6 Å². The molecule has 0 unspecified atom stereocenters. The van der Waals surface area contributed by atoms with E-state index < -0.39 is 4.92 Å². The Morgan fingerprint density at radius 1 is 1.15 bits per heavy atom. The van der Waals surface area contributed by atoms with Gasteiger partial charge in [0.05, 0.1) is 11.5 Å². The Balaban J connectivity index is 1.54. The van der Waals surface area contributed by atoms with Crippen molar-refractivity contribution < 1.29 is 14.2 Å². The van der Waals surface area contributed by atoms with Crippen molar-refractivity contribution in [1.29, 1.82) is 0 Å². The first kappa shape index (κ1) is 17.2. The Hall–Kier alpha value is -3.19. The van der Waals surface area contributed by atoms with Gasteiger partial charge in [0, 0.05) is 40.4 Å². The van der Waals surface area contributed by atoms with E-state index in [9.17, 15) is 14.9 Å². The van der Waals surface area contributed by atoms with E-state index in [4.69, 9.17) is 16.1 Å². The van der Waals surface area contributed by atoms with Crippen LogP contribution in [0.5, 0.6) is 0 Å². The second kappa shape index (κ2) is 6.85. The summed E-state index contributed by atoms with van der Waals surface area (Å²) in [5, 5.41) is 15.5. The van der Waals surface area contributed by atoms with Gasteiger partial charge in [0.1, 0.15) is 5.69 Å². The maximum atomic E-state index is 12.7. The average Bonchev–Trinajstić information content (AvgIpc) is 3.11. The minimum Gasteiger partial charge on any atom is -0.356 e. The van der Waals surface area contributed by atoms with E-state index in [0.717, 1.165) is 16.8 Å². The first-order chi connectivity index (χ1) is 13.0. The number of carbonyl (C=O) groups excluding carboxylic acids is 1. The van der Waals surface area contributed by atoms with Gasteiger partial charge in [0.25, 0.3) is 11.6 Å². The summed E-state index contributed by atoms with van der Waals surface area (Å²) in [5.74, 6) is 0.510. The van der Waals surface area contributed by atoms with Crippen LogP contribution in [0.3, 0.4) is 0 Å². The minimum atomic E-state index is -0.491. The van der Waals surface area contributed by atoms with Crippen molar-refractivity contribution in [3.8, 4) is 11.3 Å². The van der Waals surface area contributed by atoms with Crippen molar-refractivity contribution in [2.24, 2.45) is 0 Å². The van der Waals surface area contributed by atoms with Gasteiger partial charge in [0.15, 0.2) is 5.76 Å². The zero-order valence-corrected chi connectivity index (χ0v) is 14.8. The van der Waals surface area contributed by atoms with Gasteiger partial charge in [-0.3, -0.25) is 14.9 Å². The number of amides is 1. The lowest BCUT2D eigenvalue weighted by atomic mass is 10.00. The van der Waals surface area contributed by atoms with Gasteiger partial charge in [-0.1, -0.05) is 16.8 Å². The average molecular weight is 384 g/mol. The van der Waals surface area contributed by atoms with Gasteiger partial charge >= 0.3 is 0 Å². The van der Waals surface area contributed by atoms with Crippen LogP contribution in [0.4, 0.5) is 5.69 Å².